The van der Waals surface area contributed by atoms with Crippen LogP contribution in [0.2, 0.25) is 0 Å². The van der Waals surface area contributed by atoms with E-state index in [9.17, 15) is 0 Å². The molecule has 5 rings (SSSR count). The molecule has 3 aromatic rings. The van der Waals surface area contributed by atoms with Gasteiger partial charge in [0.15, 0.2) is 11.5 Å². The number of benzene rings is 1. The second-order valence-corrected chi connectivity index (χ2v) is 7.93. The number of aromatic nitrogens is 2. The Balaban J connectivity index is 1.57. The van der Waals surface area contributed by atoms with Gasteiger partial charge in [0.1, 0.15) is 10.6 Å². The van der Waals surface area contributed by atoms with Crippen LogP contribution in [0.4, 0.5) is 0 Å². The topological polar surface area (TPSA) is 44.2 Å². The minimum atomic E-state index is -0.0326. The van der Waals surface area contributed by atoms with Crippen molar-refractivity contribution >= 4 is 11.3 Å². The highest BCUT2D eigenvalue weighted by molar-refractivity contribution is 7.13. The van der Waals surface area contributed by atoms with Crippen LogP contribution >= 0.6 is 11.3 Å². The SMILES string of the molecule is COc1ccc(-c2nc(-c3cccnc3)cs2)c2c1OC1(CCCC1)C2. The average Bonchev–Trinajstić information content (AvgIpc) is 3.42. The van der Waals surface area contributed by atoms with Gasteiger partial charge in [0.25, 0.3) is 0 Å². The number of ether oxygens (including phenoxy) is 2. The Morgan fingerprint density at radius 1 is 1.19 bits per heavy atom. The minimum absolute atomic E-state index is 0.0326. The van der Waals surface area contributed by atoms with E-state index in [1.165, 1.54) is 24.0 Å². The molecule has 5 heteroatoms. The van der Waals surface area contributed by atoms with E-state index in [1.807, 2.05) is 24.4 Å². The van der Waals surface area contributed by atoms with E-state index in [4.69, 9.17) is 14.5 Å². The first-order chi connectivity index (χ1) is 12.8. The molecule has 4 nitrogen and oxygen atoms in total. The lowest BCUT2D eigenvalue weighted by atomic mass is 9.93. The molecule has 3 heterocycles. The third-order valence-corrected chi connectivity index (χ3v) is 6.34. The van der Waals surface area contributed by atoms with E-state index in [0.717, 1.165) is 47.0 Å². The summed E-state index contributed by atoms with van der Waals surface area (Å²) in [4.78, 5) is 9.08. The molecule has 0 N–H and O–H groups in total. The first kappa shape index (κ1) is 15.8. The largest absolute Gasteiger partial charge is 0.493 e. The number of hydrogen-bond acceptors (Lipinski definition) is 5. The molecule has 0 radical (unpaired) electrons. The van der Waals surface area contributed by atoms with Crippen LogP contribution in [-0.4, -0.2) is 22.7 Å². The summed E-state index contributed by atoms with van der Waals surface area (Å²) in [6.07, 6.45) is 9.34. The molecule has 0 amide bonds. The summed E-state index contributed by atoms with van der Waals surface area (Å²) >= 11 is 1.67. The molecule has 1 spiro atoms. The zero-order valence-electron chi connectivity index (χ0n) is 14.7. The Hall–Kier alpha value is -2.40. The van der Waals surface area contributed by atoms with Crippen molar-refractivity contribution in [2.45, 2.75) is 37.7 Å². The zero-order valence-corrected chi connectivity index (χ0v) is 15.5. The van der Waals surface area contributed by atoms with Crippen LogP contribution in [0.5, 0.6) is 11.5 Å². The molecule has 1 aliphatic heterocycles. The molecule has 2 aromatic heterocycles. The first-order valence-electron chi connectivity index (χ1n) is 9.03. The molecule has 26 heavy (non-hydrogen) atoms. The van der Waals surface area contributed by atoms with Gasteiger partial charge in [-0.25, -0.2) is 4.98 Å². The second kappa shape index (κ2) is 6.09. The Labute approximate surface area is 156 Å². The predicted octanol–water partition coefficient (Wildman–Crippen LogP) is 5.13. The van der Waals surface area contributed by atoms with Gasteiger partial charge in [-0.15, -0.1) is 11.3 Å². The summed E-state index contributed by atoms with van der Waals surface area (Å²) in [6, 6.07) is 8.12. The maximum absolute atomic E-state index is 6.47. The third kappa shape index (κ3) is 2.50. The fraction of sp³-hybridized carbons (Fsp3) is 0.333. The Kier molecular flexibility index (Phi) is 3.71. The molecule has 1 aliphatic carbocycles. The van der Waals surface area contributed by atoms with Crippen molar-refractivity contribution in [3.05, 3.63) is 47.6 Å². The van der Waals surface area contributed by atoms with Crippen molar-refractivity contribution in [1.82, 2.24) is 9.97 Å². The Bertz CT molecular complexity index is 946. The van der Waals surface area contributed by atoms with E-state index >= 15 is 0 Å². The number of nitrogens with zero attached hydrogens (tertiary/aromatic N) is 2. The van der Waals surface area contributed by atoms with Gasteiger partial charge < -0.3 is 9.47 Å². The number of rotatable bonds is 3. The number of pyridine rings is 1. The molecule has 0 saturated heterocycles. The van der Waals surface area contributed by atoms with Crippen molar-refractivity contribution < 1.29 is 9.47 Å². The van der Waals surface area contributed by atoms with E-state index in [2.05, 4.69) is 16.4 Å². The normalized spacial score (nSPS) is 17.3. The molecule has 1 aromatic carbocycles. The molecule has 2 aliphatic rings. The van der Waals surface area contributed by atoms with Crippen molar-refractivity contribution in [2.75, 3.05) is 7.11 Å². The van der Waals surface area contributed by atoms with Gasteiger partial charge in [0.05, 0.1) is 12.8 Å². The lowest BCUT2D eigenvalue weighted by Crippen LogP contribution is -2.30. The van der Waals surface area contributed by atoms with Gasteiger partial charge in [0, 0.05) is 40.9 Å². The van der Waals surface area contributed by atoms with Gasteiger partial charge in [-0.1, -0.05) is 0 Å². The van der Waals surface area contributed by atoms with Gasteiger partial charge in [-0.3, -0.25) is 4.98 Å². The van der Waals surface area contributed by atoms with E-state index < -0.39 is 0 Å². The monoisotopic (exact) mass is 364 g/mol. The highest BCUT2D eigenvalue weighted by Gasteiger charge is 2.44. The summed E-state index contributed by atoms with van der Waals surface area (Å²) in [5.41, 5.74) is 4.40. The number of thiazole rings is 1. The summed E-state index contributed by atoms with van der Waals surface area (Å²) in [5, 5.41) is 3.13. The quantitative estimate of drug-likeness (QED) is 0.646. The van der Waals surface area contributed by atoms with Crippen LogP contribution < -0.4 is 9.47 Å². The van der Waals surface area contributed by atoms with Crippen molar-refractivity contribution in [3.8, 4) is 33.3 Å². The molecule has 0 unspecified atom stereocenters. The van der Waals surface area contributed by atoms with E-state index in [0.29, 0.717) is 0 Å². The van der Waals surface area contributed by atoms with Crippen molar-refractivity contribution in [1.29, 1.82) is 0 Å². The van der Waals surface area contributed by atoms with Gasteiger partial charge >= 0.3 is 0 Å². The average molecular weight is 364 g/mol. The Morgan fingerprint density at radius 3 is 2.85 bits per heavy atom. The van der Waals surface area contributed by atoms with Gasteiger partial charge in [0.2, 0.25) is 0 Å². The highest BCUT2D eigenvalue weighted by atomic mass is 32.1. The Morgan fingerprint density at radius 2 is 2.08 bits per heavy atom. The number of methoxy groups -OCH3 is 1. The zero-order chi connectivity index (χ0) is 17.6. The minimum Gasteiger partial charge on any atom is -0.493 e. The van der Waals surface area contributed by atoms with Crippen LogP contribution in [0.25, 0.3) is 21.8 Å². The van der Waals surface area contributed by atoms with Crippen LogP contribution in [0.3, 0.4) is 0 Å². The van der Waals surface area contributed by atoms with Crippen molar-refractivity contribution in [3.63, 3.8) is 0 Å². The molecule has 0 atom stereocenters. The lowest BCUT2D eigenvalue weighted by molar-refractivity contribution is 0.0996. The molecule has 0 bridgehead atoms. The summed E-state index contributed by atoms with van der Waals surface area (Å²) in [6.45, 7) is 0. The number of fused-ring (bicyclic) bond motifs is 1. The molecular weight excluding hydrogens is 344 g/mol. The van der Waals surface area contributed by atoms with Gasteiger partial charge in [-0.2, -0.15) is 0 Å². The molecule has 1 fully saturated rings. The maximum atomic E-state index is 6.47. The van der Waals surface area contributed by atoms with E-state index in [1.54, 1.807) is 24.6 Å². The fourth-order valence-corrected chi connectivity index (χ4v) is 5.05. The van der Waals surface area contributed by atoms with Crippen molar-refractivity contribution in [2.24, 2.45) is 0 Å². The van der Waals surface area contributed by atoms with Crippen LogP contribution in [0.15, 0.2) is 42.0 Å². The second-order valence-electron chi connectivity index (χ2n) is 7.07. The fourth-order valence-electron chi connectivity index (χ4n) is 4.17. The third-order valence-electron chi connectivity index (χ3n) is 5.47. The number of hydrogen-bond donors (Lipinski definition) is 0. The lowest BCUT2D eigenvalue weighted by Gasteiger charge is -2.22. The maximum Gasteiger partial charge on any atom is 0.166 e. The van der Waals surface area contributed by atoms with Crippen LogP contribution in [0, 0.1) is 0 Å². The van der Waals surface area contributed by atoms with Gasteiger partial charge in [-0.05, 0) is 49.9 Å². The summed E-state index contributed by atoms with van der Waals surface area (Å²) in [7, 11) is 1.71. The van der Waals surface area contributed by atoms with Crippen LogP contribution in [-0.2, 0) is 6.42 Å². The molecule has 132 valence electrons. The summed E-state index contributed by atoms with van der Waals surface area (Å²) < 4.78 is 12.0. The molecule has 1 saturated carbocycles. The standard InChI is InChI=1S/C21H20N2O2S/c1-24-18-7-6-15(16-11-21(25-19(16)18)8-2-3-9-21)20-23-17(13-26-20)14-5-4-10-22-12-14/h4-7,10,12-13H,2-3,8-9,11H2,1H3. The summed E-state index contributed by atoms with van der Waals surface area (Å²) in [5.74, 6) is 1.75. The smallest absolute Gasteiger partial charge is 0.166 e. The van der Waals surface area contributed by atoms with E-state index in [-0.39, 0.29) is 5.60 Å². The highest BCUT2D eigenvalue weighted by Crippen LogP contribution is 2.51. The molecular formula is C21H20N2O2S. The first-order valence-corrected chi connectivity index (χ1v) is 9.91. The van der Waals surface area contributed by atoms with Crippen LogP contribution in [0.1, 0.15) is 31.2 Å². The predicted molar refractivity (Wildman–Crippen MR) is 103 cm³/mol.